The third-order valence-electron chi connectivity index (χ3n) is 1.78. The van der Waals surface area contributed by atoms with Gasteiger partial charge in [-0.25, -0.2) is 4.98 Å². The van der Waals surface area contributed by atoms with Gasteiger partial charge in [-0.05, 0) is 0 Å². The summed E-state index contributed by atoms with van der Waals surface area (Å²) in [6, 6.07) is 0. The first-order valence-corrected chi connectivity index (χ1v) is 4.73. The van der Waals surface area contributed by atoms with E-state index < -0.39 is 24.3 Å². The lowest BCUT2D eigenvalue weighted by molar-refractivity contribution is -0.137. The Morgan fingerprint density at radius 1 is 1.35 bits per heavy atom. The topological polar surface area (TPSA) is 113 Å². The van der Waals surface area contributed by atoms with Crippen LogP contribution in [-0.4, -0.2) is 45.5 Å². The monoisotopic (exact) mass is 240 g/mol. The van der Waals surface area contributed by atoms with E-state index in [2.05, 4.69) is 15.6 Å². The van der Waals surface area contributed by atoms with E-state index in [9.17, 15) is 14.4 Å². The van der Waals surface area contributed by atoms with E-state index in [4.69, 9.17) is 5.11 Å². The maximum absolute atomic E-state index is 11.4. The van der Waals surface area contributed by atoms with Gasteiger partial charge in [-0.3, -0.25) is 14.4 Å². The van der Waals surface area contributed by atoms with Crippen molar-refractivity contribution in [3.63, 3.8) is 0 Å². The molecule has 8 nitrogen and oxygen atoms in total. The largest absolute Gasteiger partial charge is 0.480 e. The molecule has 1 rings (SSSR count). The summed E-state index contributed by atoms with van der Waals surface area (Å²) < 4.78 is 1.60. The summed E-state index contributed by atoms with van der Waals surface area (Å²) in [5, 5.41) is 12.7. The zero-order chi connectivity index (χ0) is 12.8. The molecule has 0 atom stereocenters. The Morgan fingerprint density at radius 2 is 2.06 bits per heavy atom. The second-order valence-corrected chi connectivity index (χ2v) is 3.28. The number of carboxylic acids is 1. The minimum Gasteiger partial charge on any atom is -0.480 e. The molecule has 0 fully saturated rings. The molecule has 0 radical (unpaired) electrons. The van der Waals surface area contributed by atoms with Gasteiger partial charge in [0.2, 0.25) is 5.91 Å². The van der Waals surface area contributed by atoms with Gasteiger partial charge in [0.05, 0.1) is 12.9 Å². The fourth-order valence-corrected chi connectivity index (χ4v) is 1.02. The summed E-state index contributed by atoms with van der Waals surface area (Å²) in [5.74, 6) is -2.21. The van der Waals surface area contributed by atoms with Crippen molar-refractivity contribution in [3.05, 3.63) is 18.2 Å². The maximum Gasteiger partial charge on any atom is 0.322 e. The SMILES string of the molecule is Cn1cnc(C(=O)NCC(=O)NCC(=O)O)c1. The Kier molecular flexibility index (Phi) is 4.21. The van der Waals surface area contributed by atoms with E-state index in [1.54, 1.807) is 11.6 Å². The number of nitrogens with one attached hydrogen (secondary N) is 2. The highest BCUT2D eigenvalue weighted by Crippen LogP contribution is 1.92. The van der Waals surface area contributed by atoms with Crippen LogP contribution in [-0.2, 0) is 16.6 Å². The third kappa shape index (κ3) is 4.33. The number of carbonyl (C=O) groups is 3. The Balaban J connectivity index is 2.33. The molecule has 0 saturated carbocycles. The van der Waals surface area contributed by atoms with Gasteiger partial charge in [0.1, 0.15) is 12.2 Å². The zero-order valence-corrected chi connectivity index (χ0v) is 9.14. The molecule has 17 heavy (non-hydrogen) atoms. The molecule has 0 aliphatic rings. The van der Waals surface area contributed by atoms with Crippen LogP contribution in [0.3, 0.4) is 0 Å². The third-order valence-corrected chi connectivity index (χ3v) is 1.78. The lowest BCUT2D eigenvalue weighted by Crippen LogP contribution is -2.39. The summed E-state index contributed by atoms with van der Waals surface area (Å²) in [7, 11) is 1.71. The molecule has 1 aromatic rings. The molecule has 3 N–H and O–H groups in total. The predicted octanol–water partition coefficient (Wildman–Crippen LogP) is -1.65. The number of carbonyl (C=O) groups excluding carboxylic acids is 2. The Hall–Kier alpha value is -2.38. The van der Waals surface area contributed by atoms with Crippen molar-refractivity contribution in [2.75, 3.05) is 13.1 Å². The van der Waals surface area contributed by atoms with Crippen LogP contribution in [0.15, 0.2) is 12.5 Å². The Labute approximate surface area is 96.6 Å². The molecule has 1 heterocycles. The molecule has 0 aromatic carbocycles. The van der Waals surface area contributed by atoms with Crippen LogP contribution in [0.1, 0.15) is 10.5 Å². The minimum absolute atomic E-state index is 0.193. The van der Waals surface area contributed by atoms with Crippen molar-refractivity contribution in [3.8, 4) is 0 Å². The zero-order valence-electron chi connectivity index (χ0n) is 9.14. The van der Waals surface area contributed by atoms with Crippen LogP contribution < -0.4 is 10.6 Å². The van der Waals surface area contributed by atoms with Crippen molar-refractivity contribution in [2.45, 2.75) is 0 Å². The number of hydrogen-bond donors (Lipinski definition) is 3. The average molecular weight is 240 g/mol. The molecule has 92 valence electrons. The number of aromatic nitrogens is 2. The second-order valence-electron chi connectivity index (χ2n) is 3.28. The predicted molar refractivity (Wildman–Crippen MR) is 56.2 cm³/mol. The molecule has 1 aromatic heterocycles. The first kappa shape index (κ1) is 12.7. The number of aryl methyl sites for hydroxylation is 1. The Morgan fingerprint density at radius 3 is 2.59 bits per heavy atom. The van der Waals surface area contributed by atoms with E-state index in [0.717, 1.165) is 0 Å². The molecule has 0 spiro atoms. The summed E-state index contributed by atoms with van der Waals surface area (Å²) in [5.41, 5.74) is 0.193. The smallest absolute Gasteiger partial charge is 0.322 e. The van der Waals surface area contributed by atoms with Crippen LogP contribution in [0.2, 0.25) is 0 Å². The van der Waals surface area contributed by atoms with Crippen LogP contribution >= 0.6 is 0 Å². The van der Waals surface area contributed by atoms with Gasteiger partial charge in [-0.15, -0.1) is 0 Å². The van der Waals surface area contributed by atoms with E-state index in [-0.39, 0.29) is 12.2 Å². The van der Waals surface area contributed by atoms with Crippen molar-refractivity contribution in [2.24, 2.45) is 7.05 Å². The molecule has 2 amide bonds. The average Bonchev–Trinajstić information content (AvgIpc) is 2.70. The number of aliphatic carboxylic acids is 1. The van der Waals surface area contributed by atoms with Crippen molar-refractivity contribution < 1.29 is 19.5 Å². The number of carboxylic acid groups (broad SMARTS) is 1. The van der Waals surface area contributed by atoms with Gasteiger partial charge in [-0.1, -0.05) is 0 Å². The molecular formula is C9H12N4O4. The number of imidazole rings is 1. The molecule has 0 aliphatic carbocycles. The van der Waals surface area contributed by atoms with Gasteiger partial charge in [0, 0.05) is 13.2 Å². The molecule has 0 aliphatic heterocycles. The number of nitrogens with zero attached hydrogens (tertiary/aromatic N) is 2. The lowest BCUT2D eigenvalue weighted by Gasteiger charge is -2.03. The van der Waals surface area contributed by atoms with E-state index in [1.165, 1.54) is 12.5 Å². The summed E-state index contributed by atoms with van der Waals surface area (Å²) in [6.07, 6.45) is 2.96. The number of hydrogen-bond acceptors (Lipinski definition) is 4. The van der Waals surface area contributed by atoms with Crippen LogP contribution in [0.25, 0.3) is 0 Å². The summed E-state index contributed by atoms with van der Waals surface area (Å²) in [4.78, 5) is 36.4. The van der Waals surface area contributed by atoms with Gasteiger partial charge in [0.15, 0.2) is 0 Å². The fourth-order valence-electron chi connectivity index (χ4n) is 1.02. The van der Waals surface area contributed by atoms with Gasteiger partial charge < -0.3 is 20.3 Å². The lowest BCUT2D eigenvalue weighted by atomic mass is 10.4. The highest BCUT2D eigenvalue weighted by Gasteiger charge is 2.10. The molecular weight excluding hydrogens is 228 g/mol. The minimum atomic E-state index is -1.14. The first-order chi connectivity index (χ1) is 7.99. The second kappa shape index (κ2) is 5.64. The quantitative estimate of drug-likeness (QED) is 0.570. The summed E-state index contributed by atoms with van der Waals surface area (Å²) >= 11 is 0. The number of rotatable bonds is 5. The Bertz CT molecular complexity index is 440. The maximum atomic E-state index is 11.4. The fraction of sp³-hybridized carbons (Fsp3) is 0.333. The van der Waals surface area contributed by atoms with Crippen LogP contribution in [0, 0.1) is 0 Å². The van der Waals surface area contributed by atoms with Crippen molar-refractivity contribution >= 4 is 17.8 Å². The molecule has 0 saturated heterocycles. The summed E-state index contributed by atoms with van der Waals surface area (Å²) in [6.45, 7) is -0.763. The molecule has 0 unspecified atom stereocenters. The van der Waals surface area contributed by atoms with Gasteiger partial charge in [0.25, 0.3) is 5.91 Å². The van der Waals surface area contributed by atoms with Gasteiger partial charge in [-0.2, -0.15) is 0 Å². The number of amides is 2. The van der Waals surface area contributed by atoms with Crippen LogP contribution in [0.5, 0.6) is 0 Å². The van der Waals surface area contributed by atoms with Crippen LogP contribution in [0.4, 0.5) is 0 Å². The van der Waals surface area contributed by atoms with E-state index in [1.807, 2.05) is 0 Å². The van der Waals surface area contributed by atoms with Crippen molar-refractivity contribution in [1.29, 1.82) is 0 Å². The highest BCUT2D eigenvalue weighted by molar-refractivity contribution is 5.95. The van der Waals surface area contributed by atoms with E-state index in [0.29, 0.717) is 0 Å². The molecule has 8 heteroatoms. The first-order valence-electron chi connectivity index (χ1n) is 4.73. The molecule has 0 bridgehead atoms. The standard InChI is InChI=1S/C9H12N4O4/c1-13-4-6(12-5-13)9(17)11-2-7(14)10-3-8(15)16/h4-5H,2-3H2,1H3,(H,10,14)(H,11,17)(H,15,16). The highest BCUT2D eigenvalue weighted by atomic mass is 16.4. The van der Waals surface area contributed by atoms with E-state index >= 15 is 0 Å². The van der Waals surface area contributed by atoms with Crippen molar-refractivity contribution in [1.82, 2.24) is 20.2 Å². The normalized spacial score (nSPS) is 9.71. The van der Waals surface area contributed by atoms with Gasteiger partial charge >= 0.3 is 5.97 Å².